The van der Waals surface area contributed by atoms with Crippen molar-refractivity contribution in [1.82, 2.24) is 9.62 Å². The summed E-state index contributed by atoms with van der Waals surface area (Å²) in [6.07, 6.45) is 6.13. The minimum atomic E-state index is -3.55. The molecule has 144 valence electrons. The van der Waals surface area contributed by atoms with E-state index in [1.54, 1.807) is 12.1 Å². The Hall–Kier alpha value is -1.40. The van der Waals surface area contributed by atoms with E-state index in [0.717, 1.165) is 31.2 Å². The molecule has 1 heterocycles. The number of rotatable bonds is 5. The minimum absolute atomic E-state index is 0.141. The van der Waals surface area contributed by atoms with Gasteiger partial charge in [-0.25, -0.2) is 13.1 Å². The van der Waals surface area contributed by atoms with Gasteiger partial charge in [-0.15, -0.1) is 0 Å². The molecular weight excluding hydrogens is 348 g/mol. The molecule has 1 aliphatic heterocycles. The van der Waals surface area contributed by atoms with Crippen molar-refractivity contribution in [3.8, 4) is 0 Å². The summed E-state index contributed by atoms with van der Waals surface area (Å²) in [5.74, 6) is 0.726. The van der Waals surface area contributed by atoms with Crippen LogP contribution in [0.15, 0.2) is 29.2 Å². The summed E-state index contributed by atoms with van der Waals surface area (Å²) < 4.78 is 28.1. The second kappa shape index (κ2) is 8.09. The largest absolute Gasteiger partial charge is 0.341 e. The van der Waals surface area contributed by atoms with Gasteiger partial charge in [-0.1, -0.05) is 45.2 Å². The van der Waals surface area contributed by atoms with E-state index in [9.17, 15) is 13.2 Å². The van der Waals surface area contributed by atoms with Crippen molar-refractivity contribution in [3.63, 3.8) is 0 Å². The predicted molar refractivity (Wildman–Crippen MR) is 102 cm³/mol. The van der Waals surface area contributed by atoms with Crippen LogP contribution in [0.4, 0.5) is 0 Å². The zero-order valence-corrected chi connectivity index (χ0v) is 16.6. The molecule has 2 fully saturated rings. The van der Waals surface area contributed by atoms with Crippen LogP contribution in [0.5, 0.6) is 0 Å². The molecule has 5 nitrogen and oxygen atoms in total. The molecule has 2 aliphatic rings. The van der Waals surface area contributed by atoms with Crippen LogP contribution in [0, 0.1) is 5.92 Å². The Balaban J connectivity index is 1.59. The average Bonchev–Trinajstić information content (AvgIpc) is 3.09. The van der Waals surface area contributed by atoms with Gasteiger partial charge < -0.3 is 4.90 Å². The first-order valence-corrected chi connectivity index (χ1v) is 11.3. The summed E-state index contributed by atoms with van der Waals surface area (Å²) in [5.41, 5.74) is 1.12. The van der Waals surface area contributed by atoms with Crippen LogP contribution >= 0.6 is 0 Å². The van der Waals surface area contributed by atoms with E-state index in [2.05, 4.69) is 18.6 Å². The standard InChI is InChI=1S/C20H30N2O3S/c1-15(2)16-8-10-19(11-9-16)26(24,25)21-18-12-13-22(14-18)20(23)17-6-4-3-5-7-17/h8-11,15,17-18,21H,3-7,12-14H2,1-2H3. The molecule has 0 bridgehead atoms. The van der Waals surface area contributed by atoms with E-state index < -0.39 is 10.0 Å². The van der Waals surface area contributed by atoms with Crippen molar-refractivity contribution in [2.75, 3.05) is 13.1 Å². The van der Waals surface area contributed by atoms with E-state index in [0.29, 0.717) is 30.3 Å². The van der Waals surface area contributed by atoms with Crippen LogP contribution < -0.4 is 4.72 Å². The molecule has 1 aliphatic carbocycles. The van der Waals surface area contributed by atoms with Crippen molar-refractivity contribution < 1.29 is 13.2 Å². The van der Waals surface area contributed by atoms with Gasteiger partial charge in [0.05, 0.1) is 4.90 Å². The van der Waals surface area contributed by atoms with Gasteiger partial charge in [-0.05, 0) is 42.9 Å². The van der Waals surface area contributed by atoms with Gasteiger partial charge in [-0.3, -0.25) is 4.79 Å². The van der Waals surface area contributed by atoms with Crippen molar-refractivity contribution in [3.05, 3.63) is 29.8 Å². The Labute approximate surface area is 157 Å². The summed E-state index contributed by atoms with van der Waals surface area (Å²) in [4.78, 5) is 14.8. The normalized spacial score (nSPS) is 22.1. The lowest BCUT2D eigenvalue weighted by Gasteiger charge is -2.26. The van der Waals surface area contributed by atoms with Crippen LogP contribution in [-0.2, 0) is 14.8 Å². The number of benzene rings is 1. The van der Waals surface area contributed by atoms with Crippen LogP contribution in [0.3, 0.4) is 0 Å². The molecular formula is C20H30N2O3S. The molecule has 26 heavy (non-hydrogen) atoms. The number of nitrogens with zero attached hydrogens (tertiary/aromatic N) is 1. The maximum Gasteiger partial charge on any atom is 0.240 e. The van der Waals surface area contributed by atoms with Crippen LogP contribution in [0.1, 0.15) is 63.9 Å². The quantitative estimate of drug-likeness (QED) is 0.855. The molecule has 1 N–H and O–H groups in total. The maximum atomic E-state index is 12.6. The maximum absolute atomic E-state index is 12.6. The lowest BCUT2D eigenvalue weighted by Crippen LogP contribution is -2.40. The molecule has 6 heteroatoms. The first-order chi connectivity index (χ1) is 12.4. The highest BCUT2D eigenvalue weighted by atomic mass is 32.2. The van der Waals surface area contributed by atoms with Crippen LogP contribution in [0.25, 0.3) is 0 Å². The molecule has 0 radical (unpaired) electrons. The third kappa shape index (κ3) is 4.46. The predicted octanol–water partition coefficient (Wildman–Crippen LogP) is 3.27. The molecule has 0 aromatic heterocycles. The van der Waals surface area contributed by atoms with Crippen LogP contribution in [0.2, 0.25) is 0 Å². The summed E-state index contributed by atoms with van der Waals surface area (Å²) in [5, 5.41) is 0. The molecule has 1 atom stereocenters. The molecule has 3 rings (SSSR count). The number of amides is 1. The smallest absolute Gasteiger partial charge is 0.240 e. The zero-order chi connectivity index (χ0) is 18.7. The molecule has 1 saturated carbocycles. The second-order valence-corrected chi connectivity index (χ2v) is 9.66. The molecule has 1 amide bonds. The highest BCUT2D eigenvalue weighted by Crippen LogP contribution is 2.27. The van der Waals surface area contributed by atoms with E-state index in [1.807, 2.05) is 17.0 Å². The van der Waals surface area contributed by atoms with Crippen molar-refractivity contribution >= 4 is 15.9 Å². The average molecular weight is 379 g/mol. The number of likely N-dealkylation sites (tertiary alicyclic amines) is 1. The Bertz CT molecular complexity index is 722. The molecule has 1 aromatic carbocycles. The summed E-state index contributed by atoms with van der Waals surface area (Å²) in [6.45, 7) is 5.30. The number of hydrogen-bond acceptors (Lipinski definition) is 3. The fraction of sp³-hybridized carbons (Fsp3) is 0.650. The fourth-order valence-corrected chi connectivity index (χ4v) is 5.25. The van der Waals surface area contributed by atoms with E-state index in [4.69, 9.17) is 0 Å². The van der Waals surface area contributed by atoms with Gasteiger partial charge >= 0.3 is 0 Å². The fourth-order valence-electron chi connectivity index (χ4n) is 3.98. The molecule has 0 spiro atoms. The topological polar surface area (TPSA) is 66.5 Å². The molecule has 1 unspecified atom stereocenters. The van der Waals surface area contributed by atoms with E-state index in [1.165, 1.54) is 6.42 Å². The summed E-state index contributed by atoms with van der Waals surface area (Å²) in [6, 6.07) is 6.87. The molecule has 1 aromatic rings. The van der Waals surface area contributed by atoms with Gasteiger partial charge in [0.25, 0.3) is 0 Å². The van der Waals surface area contributed by atoms with Gasteiger partial charge in [-0.2, -0.15) is 0 Å². The lowest BCUT2D eigenvalue weighted by atomic mass is 9.88. The number of nitrogens with one attached hydrogen (secondary N) is 1. The van der Waals surface area contributed by atoms with Gasteiger partial charge in [0.1, 0.15) is 0 Å². The molecule has 1 saturated heterocycles. The summed E-state index contributed by atoms with van der Waals surface area (Å²) in [7, 11) is -3.55. The van der Waals surface area contributed by atoms with Crippen molar-refractivity contribution in [1.29, 1.82) is 0 Å². The Morgan fingerprint density at radius 3 is 2.35 bits per heavy atom. The third-order valence-corrected chi connectivity index (χ3v) is 7.17. The van der Waals surface area contributed by atoms with Gasteiger partial charge in [0, 0.05) is 25.0 Å². The third-order valence-electron chi connectivity index (χ3n) is 5.63. The van der Waals surface area contributed by atoms with Gasteiger partial charge in [0.15, 0.2) is 0 Å². The number of carbonyl (C=O) groups excluding carboxylic acids is 1. The highest BCUT2D eigenvalue weighted by Gasteiger charge is 2.33. The lowest BCUT2D eigenvalue weighted by molar-refractivity contribution is -0.135. The van der Waals surface area contributed by atoms with E-state index >= 15 is 0 Å². The van der Waals surface area contributed by atoms with Crippen molar-refractivity contribution in [2.45, 2.75) is 69.2 Å². The first-order valence-electron chi connectivity index (χ1n) is 9.78. The summed E-state index contributed by atoms with van der Waals surface area (Å²) >= 11 is 0. The highest BCUT2D eigenvalue weighted by molar-refractivity contribution is 7.89. The second-order valence-electron chi connectivity index (χ2n) is 7.95. The zero-order valence-electron chi connectivity index (χ0n) is 15.8. The van der Waals surface area contributed by atoms with Gasteiger partial charge in [0.2, 0.25) is 15.9 Å². The van der Waals surface area contributed by atoms with Crippen LogP contribution in [-0.4, -0.2) is 38.4 Å². The monoisotopic (exact) mass is 378 g/mol. The Morgan fingerprint density at radius 2 is 1.73 bits per heavy atom. The number of sulfonamides is 1. The Morgan fingerprint density at radius 1 is 1.08 bits per heavy atom. The SMILES string of the molecule is CC(C)c1ccc(S(=O)(=O)NC2CCN(C(=O)C3CCCCC3)C2)cc1. The number of hydrogen-bond donors (Lipinski definition) is 1. The minimum Gasteiger partial charge on any atom is -0.341 e. The Kier molecular flexibility index (Phi) is 6.03. The number of carbonyl (C=O) groups is 1. The van der Waals surface area contributed by atoms with Crippen molar-refractivity contribution in [2.24, 2.45) is 5.92 Å². The first kappa shape index (κ1) is 19.4. The van der Waals surface area contributed by atoms with E-state index in [-0.39, 0.29) is 17.9 Å².